The maximum absolute atomic E-state index is 11.7. The van der Waals surface area contributed by atoms with Crippen LogP contribution in [-0.2, 0) is 9.47 Å². The van der Waals surface area contributed by atoms with Crippen molar-refractivity contribution in [2.45, 2.75) is 12.6 Å². The third kappa shape index (κ3) is 7.33. The van der Waals surface area contributed by atoms with E-state index in [-0.39, 0.29) is 0 Å². The highest BCUT2D eigenvalue weighted by Crippen LogP contribution is 2.14. The summed E-state index contributed by atoms with van der Waals surface area (Å²) in [6.45, 7) is 2.61. The van der Waals surface area contributed by atoms with Crippen LogP contribution in [0.2, 0.25) is 0 Å². The standard InChI is InChI=1S/C10H17F3N2O3/c11-10(12,13)8-18-9(16)14-2-1-3-15-4-6-17-7-5-15/h1-8H2,(H,14,16). The number of hydrogen-bond donors (Lipinski definition) is 1. The molecule has 0 aromatic rings. The van der Waals surface area contributed by atoms with Gasteiger partial charge in [0.25, 0.3) is 0 Å². The monoisotopic (exact) mass is 270 g/mol. The molecule has 1 amide bonds. The lowest BCUT2D eigenvalue weighted by molar-refractivity contribution is -0.160. The summed E-state index contributed by atoms with van der Waals surface area (Å²) in [5, 5.41) is 2.28. The molecule has 0 aliphatic carbocycles. The third-order valence-corrected chi connectivity index (χ3v) is 2.39. The molecule has 0 spiro atoms. The van der Waals surface area contributed by atoms with Crippen molar-refractivity contribution in [3.05, 3.63) is 0 Å². The molecule has 0 saturated carbocycles. The SMILES string of the molecule is O=C(NCCCN1CCOCC1)OCC(F)(F)F. The molecule has 1 rings (SSSR count). The second-order valence-electron chi connectivity index (χ2n) is 3.93. The highest BCUT2D eigenvalue weighted by Gasteiger charge is 2.29. The molecular formula is C10H17F3N2O3. The molecular weight excluding hydrogens is 253 g/mol. The number of nitrogens with one attached hydrogen (secondary N) is 1. The number of amides is 1. The highest BCUT2D eigenvalue weighted by atomic mass is 19.4. The van der Waals surface area contributed by atoms with Gasteiger partial charge in [-0.15, -0.1) is 0 Å². The highest BCUT2D eigenvalue weighted by molar-refractivity contribution is 5.67. The predicted octanol–water partition coefficient (Wildman–Crippen LogP) is 0.997. The van der Waals surface area contributed by atoms with Gasteiger partial charge in [-0.25, -0.2) is 4.79 Å². The number of alkyl carbamates (subject to hydrolysis) is 1. The van der Waals surface area contributed by atoms with Gasteiger partial charge in [-0.3, -0.25) is 4.90 Å². The molecule has 1 fully saturated rings. The summed E-state index contributed by atoms with van der Waals surface area (Å²) >= 11 is 0. The minimum Gasteiger partial charge on any atom is -0.440 e. The van der Waals surface area contributed by atoms with Gasteiger partial charge in [-0.1, -0.05) is 0 Å². The molecule has 1 aliphatic rings. The minimum atomic E-state index is -4.48. The van der Waals surface area contributed by atoms with Crippen LogP contribution in [0.25, 0.3) is 0 Å². The van der Waals surface area contributed by atoms with Crippen molar-refractivity contribution in [2.75, 3.05) is 46.0 Å². The van der Waals surface area contributed by atoms with E-state index in [1.165, 1.54) is 0 Å². The van der Waals surface area contributed by atoms with Crippen molar-refractivity contribution in [3.8, 4) is 0 Å². The van der Waals surface area contributed by atoms with Crippen LogP contribution in [0.4, 0.5) is 18.0 Å². The van der Waals surface area contributed by atoms with Gasteiger partial charge in [0.15, 0.2) is 6.61 Å². The Morgan fingerprint density at radius 2 is 2.00 bits per heavy atom. The number of halogens is 3. The van der Waals surface area contributed by atoms with Crippen LogP contribution in [0.5, 0.6) is 0 Å². The molecule has 0 unspecified atom stereocenters. The number of carbonyl (C=O) groups is 1. The fourth-order valence-electron chi connectivity index (χ4n) is 1.52. The number of rotatable bonds is 5. The maximum atomic E-state index is 11.7. The Balaban J connectivity index is 1.98. The van der Waals surface area contributed by atoms with Crippen molar-refractivity contribution in [2.24, 2.45) is 0 Å². The molecule has 1 aliphatic heterocycles. The van der Waals surface area contributed by atoms with E-state index in [9.17, 15) is 18.0 Å². The lowest BCUT2D eigenvalue weighted by Gasteiger charge is -2.26. The van der Waals surface area contributed by atoms with E-state index in [4.69, 9.17) is 4.74 Å². The van der Waals surface area contributed by atoms with E-state index in [2.05, 4.69) is 15.0 Å². The first-order valence-electron chi connectivity index (χ1n) is 5.75. The summed E-state index contributed by atoms with van der Waals surface area (Å²) in [5.74, 6) is 0. The Bertz CT molecular complexity index is 255. The predicted molar refractivity (Wildman–Crippen MR) is 57.3 cm³/mol. The first-order valence-corrected chi connectivity index (χ1v) is 5.75. The molecule has 1 heterocycles. The second-order valence-corrected chi connectivity index (χ2v) is 3.93. The summed E-state index contributed by atoms with van der Waals surface area (Å²) in [4.78, 5) is 13.0. The maximum Gasteiger partial charge on any atom is 0.422 e. The average Bonchev–Trinajstić information content (AvgIpc) is 2.33. The van der Waals surface area contributed by atoms with E-state index >= 15 is 0 Å². The van der Waals surface area contributed by atoms with Crippen molar-refractivity contribution >= 4 is 6.09 Å². The van der Waals surface area contributed by atoms with Gasteiger partial charge in [-0.05, 0) is 13.0 Å². The Morgan fingerprint density at radius 3 is 2.61 bits per heavy atom. The zero-order chi connectivity index (χ0) is 13.4. The quantitative estimate of drug-likeness (QED) is 0.757. The molecule has 0 bridgehead atoms. The van der Waals surface area contributed by atoms with Gasteiger partial charge in [-0.2, -0.15) is 13.2 Å². The molecule has 0 aromatic heterocycles. The topological polar surface area (TPSA) is 50.8 Å². The van der Waals surface area contributed by atoms with E-state index in [0.29, 0.717) is 26.2 Å². The smallest absolute Gasteiger partial charge is 0.422 e. The number of nitrogens with zero attached hydrogens (tertiary/aromatic N) is 1. The van der Waals surface area contributed by atoms with Gasteiger partial charge in [0.1, 0.15) is 0 Å². The van der Waals surface area contributed by atoms with Crippen LogP contribution in [-0.4, -0.2) is 63.2 Å². The van der Waals surface area contributed by atoms with Gasteiger partial charge >= 0.3 is 12.3 Å². The molecule has 106 valence electrons. The summed E-state index contributed by atoms with van der Waals surface area (Å²) in [5.41, 5.74) is 0. The number of hydrogen-bond acceptors (Lipinski definition) is 4. The van der Waals surface area contributed by atoms with Crippen molar-refractivity contribution in [3.63, 3.8) is 0 Å². The number of carbonyl (C=O) groups excluding carboxylic acids is 1. The van der Waals surface area contributed by atoms with Crippen molar-refractivity contribution in [1.29, 1.82) is 0 Å². The largest absolute Gasteiger partial charge is 0.440 e. The summed E-state index contributed by atoms with van der Waals surface area (Å²) in [6, 6.07) is 0. The summed E-state index contributed by atoms with van der Waals surface area (Å²) in [7, 11) is 0. The third-order valence-electron chi connectivity index (χ3n) is 2.39. The minimum absolute atomic E-state index is 0.300. The van der Waals surface area contributed by atoms with E-state index in [1.54, 1.807) is 0 Å². The number of ether oxygens (including phenoxy) is 2. The Kier molecular flexibility index (Phi) is 6.20. The molecule has 1 N–H and O–H groups in total. The van der Waals surface area contributed by atoms with Crippen molar-refractivity contribution < 1.29 is 27.4 Å². The second kappa shape index (κ2) is 7.42. The van der Waals surface area contributed by atoms with Crippen LogP contribution < -0.4 is 5.32 Å². The lowest BCUT2D eigenvalue weighted by atomic mass is 10.3. The Morgan fingerprint density at radius 1 is 1.33 bits per heavy atom. The van der Waals surface area contributed by atoms with Crippen LogP contribution in [0.3, 0.4) is 0 Å². The van der Waals surface area contributed by atoms with E-state index < -0.39 is 18.9 Å². The van der Waals surface area contributed by atoms with Crippen molar-refractivity contribution in [1.82, 2.24) is 10.2 Å². The molecule has 5 nitrogen and oxygen atoms in total. The average molecular weight is 270 g/mol. The van der Waals surface area contributed by atoms with Crippen LogP contribution in [0.15, 0.2) is 0 Å². The van der Waals surface area contributed by atoms with Crippen LogP contribution in [0.1, 0.15) is 6.42 Å². The van der Waals surface area contributed by atoms with Gasteiger partial charge in [0.05, 0.1) is 13.2 Å². The Hall–Kier alpha value is -1.02. The molecule has 0 radical (unpaired) electrons. The van der Waals surface area contributed by atoms with Crippen LogP contribution in [0, 0.1) is 0 Å². The fourth-order valence-corrected chi connectivity index (χ4v) is 1.52. The van der Waals surface area contributed by atoms with Crippen LogP contribution >= 0.6 is 0 Å². The lowest BCUT2D eigenvalue weighted by Crippen LogP contribution is -2.38. The normalized spacial score (nSPS) is 17.5. The molecule has 8 heteroatoms. The molecule has 1 saturated heterocycles. The van der Waals surface area contributed by atoms with E-state index in [0.717, 1.165) is 19.6 Å². The summed E-state index contributed by atoms with van der Waals surface area (Å²) < 4.78 is 44.3. The molecule has 0 aromatic carbocycles. The zero-order valence-corrected chi connectivity index (χ0v) is 9.96. The first kappa shape index (κ1) is 15.0. The van der Waals surface area contributed by atoms with E-state index in [1.807, 2.05) is 0 Å². The number of alkyl halides is 3. The molecule has 0 atom stereocenters. The first-order chi connectivity index (χ1) is 8.47. The van der Waals surface area contributed by atoms with Gasteiger partial charge in [0.2, 0.25) is 0 Å². The zero-order valence-electron chi connectivity index (χ0n) is 9.96. The Labute approximate surface area is 103 Å². The summed E-state index contributed by atoms with van der Waals surface area (Å²) in [6.07, 6.45) is -4.85. The van der Waals surface area contributed by atoms with Gasteiger partial charge < -0.3 is 14.8 Å². The molecule has 18 heavy (non-hydrogen) atoms. The number of morpholine rings is 1. The fraction of sp³-hybridized carbons (Fsp3) is 0.900. The van der Waals surface area contributed by atoms with Gasteiger partial charge in [0, 0.05) is 19.6 Å².